The Kier molecular flexibility index (Phi) is 1.28. The van der Waals surface area contributed by atoms with Gasteiger partial charge < -0.3 is 9.84 Å². The van der Waals surface area contributed by atoms with Crippen molar-refractivity contribution >= 4 is 0 Å². The Balaban J connectivity index is 2.49. The molecule has 1 aromatic carbocycles. The lowest BCUT2D eigenvalue weighted by atomic mass is 10.1. The van der Waals surface area contributed by atoms with E-state index in [0.29, 0.717) is 5.75 Å². The summed E-state index contributed by atoms with van der Waals surface area (Å²) in [6, 6.07) is 5.38. The number of fused-ring (bicyclic) bond motifs is 1. The summed E-state index contributed by atoms with van der Waals surface area (Å²) in [5, 5.41) is 9.37. The molecule has 0 aliphatic carbocycles. The van der Waals surface area contributed by atoms with E-state index in [9.17, 15) is 5.11 Å². The van der Waals surface area contributed by atoms with E-state index >= 15 is 0 Å². The van der Waals surface area contributed by atoms with Crippen molar-refractivity contribution in [3.63, 3.8) is 0 Å². The Morgan fingerprint density at radius 3 is 3.09 bits per heavy atom. The van der Waals surface area contributed by atoms with Gasteiger partial charge in [0.2, 0.25) is 0 Å². The fourth-order valence-corrected chi connectivity index (χ4v) is 1.42. The van der Waals surface area contributed by atoms with Crippen LogP contribution in [0.25, 0.3) is 0 Å². The normalized spacial score (nSPS) is 21.0. The molecule has 0 unspecified atom stereocenters. The predicted octanol–water partition coefficient (Wildman–Crippen LogP) is 1.72. The molecule has 0 saturated carbocycles. The van der Waals surface area contributed by atoms with Crippen LogP contribution in [-0.2, 0) is 6.42 Å². The first-order valence-electron chi connectivity index (χ1n) is 3.75. The third kappa shape index (κ3) is 0.946. The summed E-state index contributed by atoms with van der Waals surface area (Å²) in [4.78, 5) is 0. The van der Waals surface area contributed by atoms with Gasteiger partial charge in [-0.2, -0.15) is 0 Å². The zero-order chi connectivity index (χ0) is 7.84. The quantitative estimate of drug-likeness (QED) is 0.610. The third-order valence-electron chi connectivity index (χ3n) is 1.93. The second-order valence-electron chi connectivity index (χ2n) is 2.89. The van der Waals surface area contributed by atoms with Crippen LogP contribution in [0.3, 0.4) is 0 Å². The van der Waals surface area contributed by atoms with Crippen LogP contribution >= 0.6 is 0 Å². The van der Waals surface area contributed by atoms with Gasteiger partial charge >= 0.3 is 0 Å². The molecule has 0 fully saturated rings. The third-order valence-corrected chi connectivity index (χ3v) is 1.93. The van der Waals surface area contributed by atoms with E-state index in [1.54, 1.807) is 12.1 Å². The number of hydrogen-bond donors (Lipinski definition) is 1. The molecule has 0 radical (unpaired) electrons. The molecule has 0 aromatic heterocycles. The maximum absolute atomic E-state index is 9.37. The second kappa shape index (κ2) is 2.16. The van der Waals surface area contributed by atoms with Gasteiger partial charge in [0.25, 0.3) is 0 Å². The highest BCUT2D eigenvalue weighted by atomic mass is 16.5. The van der Waals surface area contributed by atoms with Crippen molar-refractivity contribution in [2.45, 2.75) is 19.4 Å². The molecule has 2 heteroatoms. The maximum atomic E-state index is 9.37. The van der Waals surface area contributed by atoms with Gasteiger partial charge in [-0.1, -0.05) is 6.07 Å². The molecule has 0 saturated heterocycles. The van der Waals surface area contributed by atoms with E-state index in [1.165, 1.54) is 0 Å². The van der Waals surface area contributed by atoms with Crippen molar-refractivity contribution in [2.75, 3.05) is 0 Å². The zero-order valence-electron chi connectivity index (χ0n) is 6.37. The highest BCUT2D eigenvalue weighted by Crippen LogP contribution is 2.34. The topological polar surface area (TPSA) is 29.5 Å². The zero-order valence-corrected chi connectivity index (χ0v) is 6.37. The largest absolute Gasteiger partial charge is 0.508 e. The van der Waals surface area contributed by atoms with Gasteiger partial charge in [-0.3, -0.25) is 0 Å². The van der Waals surface area contributed by atoms with Crippen LogP contribution in [-0.4, -0.2) is 11.2 Å². The molecule has 1 aliphatic heterocycles. The Morgan fingerprint density at radius 1 is 1.55 bits per heavy atom. The molecule has 1 atom stereocenters. The van der Waals surface area contributed by atoms with Crippen LogP contribution in [0.2, 0.25) is 0 Å². The van der Waals surface area contributed by atoms with Crippen molar-refractivity contribution in [3.8, 4) is 11.5 Å². The molecule has 1 aromatic rings. The summed E-state index contributed by atoms with van der Waals surface area (Å²) >= 11 is 0. The predicted molar refractivity (Wildman–Crippen MR) is 41.9 cm³/mol. The first kappa shape index (κ1) is 6.53. The summed E-state index contributed by atoms with van der Waals surface area (Å²) in [5.41, 5.74) is 0.944. The Hall–Kier alpha value is -1.18. The SMILES string of the molecule is C[C@@H]1Cc2c(O)cccc2O1. The highest BCUT2D eigenvalue weighted by molar-refractivity contribution is 5.46. The van der Waals surface area contributed by atoms with Crippen molar-refractivity contribution in [3.05, 3.63) is 23.8 Å². The minimum atomic E-state index is 0.207. The van der Waals surface area contributed by atoms with Crippen LogP contribution in [0.4, 0.5) is 0 Å². The lowest BCUT2D eigenvalue weighted by Gasteiger charge is -2.00. The summed E-state index contributed by atoms with van der Waals surface area (Å²) < 4.78 is 5.43. The Morgan fingerprint density at radius 2 is 2.36 bits per heavy atom. The second-order valence-corrected chi connectivity index (χ2v) is 2.89. The standard InChI is InChI=1S/C9H10O2/c1-6-5-7-8(10)3-2-4-9(7)11-6/h2-4,6,10H,5H2,1H3/t6-/m1/s1. The van der Waals surface area contributed by atoms with Gasteiger partial charge in [-0.15, -0.1) is 0 Å². The number of rotatable bonds is 0. The van der Waals surface area contributed by atoms with Crippen LogP contribution < -0.4 is 4.74 Å². The van der Waals surface area contributed by atoms with E-state index < -0.39 is 0 Å². The first-order valence-corrected chi connectivity index (χ1v) is 3.75. The van der Waals surface area contributed by atoms with Crippen molar-refractivity contribution in [2.24, 2.45) is 0 Å². The highest BCUT2D eigenvalue weighted by Gasteiger charge is 2.20. The first-order chi connectivity index (χ1) is 5.27. The van der Waals surface area contributed by atoms with E-state index in [1.807, 2.05) is 13.0 Å². The van der Waals surface area contributed by atoms with Gasteiger partial charge in [0.1, 0.15) is 17.6 Å². The number of phenolic OH excluding ortho intramolecular Hbond substituents is 1. The fourth-order valence-electron chi connectivity index (χ4n) is 1.42. The number of aromatic hydroxyl groups is 1. The minimum Gasteiger partial charge on any atom is -0.508 e. The molecule has 58 valence electrons. The number of hydrogen-bond acceptors (Lipinski definition) is 2. The van der Waals surface area contributed by atoms with Crippen LogP contribution in [0.1, 0.15) is 12.5 Å². The monoisotopic (exact) mass is 150 g/mol. The molecule has 11 heavy (non-hydrogen) atoms. The molecule has 1 aliphatic rings. The summed E-state index contributed by atoms with van der Waals surface area (Å²) in [6.45, 7) is 2.00. The van der Waals surface area contributed by atoms with Gasteiger partial charge in [0, 0.05) is 12.0 Å². The summed E-state index contributed by atoms with van der Waals surface area (Å²) in [6.07, 6.45) is 1.03. The molecule has 0 spiro atoms. The average molecular weight is 150 g/mol. The average Bonchev–Trinajstić information content (AvgIpc) is 2.31. The van der Waals surface area contributed by atoms with Crippen molar-refractivity contribution in [1.82, 2.24) is 0 Å². The molecule has 0 bridgehead atoms. The van der Waals surface area contributed by atoms with Crippen LogP contribution in [0.5, 0.6) is 11.5 Å². The smallest absolute Gasteiger partial charge is 0.126 e. The van der Waals surface area contributed by atoms with Crippen molar-refractivity contribution < 1.29 is 9.84 Å². The Labute approximate surface area is 65.4 Å². The van der Waals surface area contributed by atoms with Crippen LogP contribution in [0.15, 0.2) is 18.2 Å². The van der Waals surface area contributed by atoms with Crippen LogP contribution in [0, 0.1) is 0 Å². The van der Waals surface area contributed by atoms with Gasteiger partial charge in [0.15, 0.2) is 0 Å². The van der Waals surface area contributed by atoms with Gasteiger partial charge in [0.05, 0.1) is 0 Å². The molecule has 0 amide bonds. The number of ether oxygens (including phenoxy) is 1. The van der Waals surface area contributed by atoms with E-state index in [-0.39, 0.29) is 6.10 Å². The Bertz CT molecular complexity index is 281. The van der Waals surface area contributed by atoms with Gasteiger partial charge in [-0.25, -0.2) is 0 Å². The molecule has 2 nitrogen and oxygen atoms in total. The minimum absolute atomic E-state index is 0.207. The van der Waals surface area contributed by atoms with E-state index in [4.69, 9.17) is 4.74 Å². The molecule has 2 rings (SSSR count). The molecule has 1 N–H and O–H groups in total. The van der Waals surface area contributed by atoms with E-state index in [0.717, 1.165) is 17.7 Å². The number of benzene rings is 1. The molecule has 1 heterocycles. The number of phenols is 1. The lowest BCUT2D eigenvalue weighted by molar-refractivity contribution is 0.254. The summed E-state index contributed by atoms with van der Waals surface area (Å²) in [5.74, 6) is 1.18. The van der Waals surface area contributed by atoms with Gasteiger partial charge in [-0.05, 0) is 19.1 Å². The van der Waals surface area contributed by atoms with E-state index in [2.05, 4.69) is 0 Å². The molecular weight excluding hydrogens is 140 g/mol. The van der Waals surface area contributed by atoms with Crippen molar-refractivity contribution in [1.29, 1.82) is 0 Å². The fraction of sp³-hybridized carbons (Fsp3) is 0.333. The molecular formula is C9H10O2. The summed E-state index contributed by atoms with van der Waals surface area (Å²) in [7, 11) is 0. The lowest BCUT2D eigenvalue weighted by Crippen LogP contribution is -2.05. The maximum Gasteiger partial charge on any atom is 0.126 e.